The topological polar surface area (TPSA) is 182 Å². The van der Waals surface area contributed by atoms with Crippen molar-refractivity contribution in [2.75, 3.05) is 5.32 Å². The van der Waals surface area contributed by atoms with Crippen molar-refractivity contribution in [2.45, 2.75) is 6.42 Å². The Bertz CT molecular complexity index is 1170. The molecule has 0 saturated carbocycles. The van der Waals surface area contributed by atoms with Crippen molar-refractivity contribution >= 4 is 34.5 Å². The lowest BCUT2D eigenvalue weighted by Gasteiger charge is -1.99. The number of hydrazone groups is 1. The molecule has 2 aromatic heterocycles. The molecule has 0 aliphatic heterocycles. The molecule has 0 aliphatic rings. The molecule has 12 nitrogen and oxygen atoms in total. The Morgan fingerprint density at radius 3 is 2.79 bits per heavy atom. The van der Waals surface area contributed by atoms with Gasteiger partial charge in [0.25, 0.3) is 11.5 Å². The number of carbonyl (C=O) groups excluding carboxylic acids is 2. The number of phenols is 1. The lowest BCUT2D eigenvalue weighted by molar-refractivity contribution is -0.120. The first-order valence-electron chi connectivity index (χ1n) is 7.97. The summed E-state index contributed by atoms with van der Waals surface area (Å²) in [6, 6.07) is 7.24. The number of anilines is 1. The van der Waals surface area contributed by atoms with E-state index in [0.29, 0.717) is 10.6 Å². The van der Waals surface area contributed by atoms with Crippen molar-refractivity contribution in [1.29, 1.82) is 0 Å². The van der Waals surface area contributed by atoms with Gasteiger partial charge in [0.2, 0.25) is 11.0 Å². The summed E-state index contributed by atoms with van der Waals surface area (Å²) < 4.78 is 0. The van der Waals surface area contributed by atoms with E-state index in [0.717, 1.165) is 17.4 Å². The number of aromatic amines is 2. The predicted octanol–water partition coefficient (Wildman–Crippen LogP) is -0.435. The standard InChI is InChI=1S/C16H13N7O5S/c24-9-3-1-2-8(4-9)7-17-21-12(26)6-13-22-23-16(29-13)20-14(27)10-5-11(25)19-15(28)18-10/h1-5,7,24H,6H2,(H,21,26)(H,20,23,27)(H2,18,19,25,28)/b17-7-. The van der Waals surface area contributed by atoms with Crippen molar-refractivity contribution < 1.29 is 14.7 Å². The normalized spacial score (nSPS) is 10.8. The molecule has 5 N–H and O–H groups in total. The highest BCUT2D eigenvalue weighted by Crippen LogP contribution is 2.16. The van der Waals surface area contributed by atoms with Gasteiger partial charge in [-0.1, -0.05) is 23.5 Å². The first-order valence-corrected chi connectivity index (χ1v) is 8.79. The highest BCUT2D eigenvalue weighted by molar-refractivity contribution is 7.15. The molecule has 0 fully saturated rings. The van der Waals surface area contributed by atoms with Crippen LogP contribution >= 0.6 is 11.3 Å². The Labute approximate surface area is 165 Å². The summed E-state index contributed by atoms with van der Waals surface area (Å²) in [5.74, 6) is -1.14. The quantitative estimate of drug-likeness (QED) is 0.267. The van der Waals surface area contributed by atoms with E-state index in [2.05, 4.69) is 31.0 Å². The van der Waals surface area contributed by atoms with Crippen LogP contribution < -0.4 is 22.0 Å². The maximum atomic E-state index is 12.0. The van der Waals surface area contributed by atoms with Gasteiger partial charge in [-0.3, -0.25) is 24.7 Å². The Morgan fingerprint density at radius 2 is 2.03 bits per heavy atom. The van der Waals surface area contributed by atoms with Crippen LogP contribution in [0.4, 0.5) is 5.13 Å². The molecule has 3 aromatic rings. The van der Waals surface area contributed by atoms with Gasteiger partial charge in [0, 0.05) is 6.07 Å². The number of nitrogens with zero attached hydrogens (tertiary/aromatic N) is 3. The third-order valence-corrected chi connectivity index (χ3v) is 4.12. The number of H-pyrrole nitrogens is 2. The fourth-order valence-electron chi connectivity index (χ4n) is 2.09. The third kappa shape index (κ3) is 5.67. The van der Waals surface area contributed by atoms with E-state index < -0.39 is 23.1 Å². The predicted molar refractivity (Wildman–Crippen MR) is 103 cm³/mol. The summed E-state index contributed by atoms with van der Waals surface area (Å²) in [5, 5.41) is 23.4. The first-order chi connectivity index (χ1) is 13.9. The van der Waals surface area contributed by atoms with Gasteiger partial charge in [0.15, 0.2) is 0 Å². The zero-order valence-electron chi connectivity index (χ0n) is 14.5. The summed E-state index contributed by atoms with van der Waals surface area (Å²) in [5.41, 5.74) is 1.13. The third-order valence-electron chi connectivity index (χ3n) is 3.28. The van der Waals surface area contributed by atoms with Crippen molar-refractivity contribution in [2.24, 2.45) is 5.10 Å². The molecule has 0 saturated heterocycles. The van der Waals surface area contributed by atoms with E-state index in [4.69, 9.17) is 0 Å². The molecule has 0 atom stereocenters. The highest BCUT2D eigenvalue weighted by atomic mass is 32.1. The van der Waals surface area contributed by atoms with Crippen molar-refractivity contribution in [1.82, 2.24) is 25.6 Å². The molecule has 3 rings (SSSR count). The molecular weight excluding hydrogens is 402 g/mol. The van der Waals surface area contributed by atoms with E-state index >= 15 is 0 Å². The van der Waals surface area contributed by atoms with Crippen molar-refractivity contribution in [3.63, 3.8) is 0 Å². The molecule has 13 heteroatoms. The van der Waals surface area contributed by atoms with Crippen LogP contribution in [0.2, 0.25) is 0 Å². The molecule has 29 heavy (non-hydrogen) atoms. The minimum absolute atomic E-state index is 0.0768. The number of rotatable bonds is 6. The summed E-state index contributed by atoms with van der Waals surface area (Å²) in [4.78, 5) is 50.5. The summed E-state index contributed by atoms with van der Waals surface area (Å²) in [6.45, 7) is 0. The van der Waals surface area contributed by atoms with E-state index in [1.54, 1.807) is 12.1 Å². The zero-order chi connectivity index (χ0) is 20.8. The summed E-state index contributed by atoms with van der Waals surface area (Å²) >= 11 is 0.947. The number of nitrogens with one attached hydrogen (secondary N) is 4. The summed E-state index contributed by atoms with van der Waals surface area (Å²) in [6.07, 6.45) is 1.23. The van der Waals surface area contributed by atoms with Crippen LogP contribution in [0.5, 0.6) is 5.75 Å². The van der Waals surface area contributed by atoms with Gasteiger partial charge in [0.1, 0.15) is 16.5 Å². The maximum Gasteiger partial charge on any atom is 0.326 e. The smallest absolute Gasteiger partial charge is 0.326 e. The molecule has 2 heterocycles. The number of aromatic nitrogens is 4. The first kappa shape index (κ1) is 19.6. The number of amides is 2. The van der Waals surface area contributed by atoms with Gasteiger partial charge in [-0.25, -0.2) is 10.2 Å². The second kappa shape index (κ2) is 8.71. The minimum atomic E-state index is -0.816. The van der Waals surface area contributed by atoms with Crippen LogP contribution in [0.15, 0.2) is 45.0 Å². The molecule has 1 aromatic carbocycles. The van der Waals surface area contributed by atoms with Crippen LogP contribution in [0.3, 0.4) is 0 Å². The van der Waals surface area contributed by atoms with Crippen molar-refractivity contribution in [3.05, 3.63) is 67.4 Å². The lowest BCUT2D eigenvalue weighted by atomic mass is 10.2. The molecule has 0 radical (unpaired) electrons. The van der Waals surface area contributed by atoms with Gasteiger partial charge in [0.05, 0.1) is 12.6 Å². The van der Waals surface area contributed by atoms with Crippen LogP contribution in [-0.4, -0.2) is 43.3 Å². The van der Waals surface area contributed by atoms with E-state index in [1.165, 1.54) is 18.3 Å². The number of phenolic OH excluding ortho intramolecular Hbond substituents is 1. The minimum Gasteiger partial charge on any atom is -0.508 e. The maximum absolute atomic E-state index is 12.0. The van der Waals surface area contributed by atoms with Gasteiger partial charge in [-0.05, 0) is 17.7 Å². The van der Waals surface area contributed by atoms with Crippen LogP contribution in [0, 0.1) is 0 Å². The SMILES string of the molecule is O=C(Cc1nnc(NC(=O)c2cc(=O)[nH]c(=O)[nH]2)s1)N/N=C\c1cccc(O)c1. The number of hydrogen-bond donors (Lipinski definition) is 5. The van der Waals surface area contributed by atoms with Gasteiger partial charge in [-0.2, -0.15) is 5.10 Å². The molecule has 148 valence electrons. The van der Waals surface area contributed by atoms with Crippen LogP contribution in [0.25, 0.3) is 0 Å². The van der Waals surface area contributed by atoms with E-state index in [-0.39, 0.29) is 23.0 Å². The Morgan fingerprint density at radius 1 is 1.21 bits per heavy atom. The molecule has 2 amide bonds. The lowest BCUT2D eigenvalue weighted by Crippen LogP contribution is -2.27. The molecule has 0 spiro atoms. The Balaban J connectivity index is 1.55. The van der Waals surface area contributed by atoms with Crippen LogP contribution in [-0.2, 0) is 11.2 Å². The highest BCUT2D eigenvalue weighted by Gasteiger charge is 2.13. The van der Waals surface area contributed by atoms with Gasteiger partial charge >= 0.3 is 5.69 Å². The zero-order valence-corrected chi connectivity index (χ0v) is 15.3. The molecular formula is C16H13N7O5S. The summed E-state index contributed by atoms with van der Waals surface area (Å²) in [7, 11) is 0. The molecule has 0 aliphatic carbocycles. The Kier molecular flexibility index (Phi) is 5.89. The van der Waals surface area contributed by atoms with Crippen LogP contribution in [0.1, 0.15) is 21.1 Å². The average Bonchev–Trinajstić information content (AvgIpc) is 3.07. The Hall–Kier alpha value is -4.13. The second-order valence-electron chi connectivity index (χ2n) is 5.52. The van der Waals surface area contributed by atoms with Gasteiger partial charge < -0.3 is 10.1 Å². The van der Waals surface area contributed by atoms with E-state index in [1.807, 2.05) is 4.98 Å². The number of carbonyl (C=O) groups is 2. The average molecular weight is 415 g/mol. The molecule has 0 bridgehead atoms. The van der Waals surface area contributed by atoms with E-state index in [9.17, 15) is 24.3 Å². The molecule has 0 unspecified atom stereocenters. The largest absolute Gasteiger partial charge is 0.508 e. The van der Waals surface area contributed by atoms with Crippen molar-refractivity contribution in [3.8, 4) is 5.75 Å². The van der Waals surface area contributed by atoms with Gasteiger partial charge in [-0.15, -0.1) is 10.2 Å². The number of aromatic hydroxyl groups is 1. The fourth-order valence-corrected chi connectivity index (χ4v) is 2.83. The fraction of sp³-hybridized carbons (Fsp3) is 0.0625. The number of benzene rings is 1. The second-order valence-corrected chi connectivity index (χ2v) is 6.58. The number of hydrogen-bond acceptors (Lipinski definition) is 9. The monoisotopic (exact) mass is 415 g/mol.